The number of carbonyl (C=O) groups excluding carboxylic acids is 1. The molecule has 17 heavy (non-hydrogen) atoms. The number of nitrogens with two attached hydrogens (primary N) is 1. The lowest BCUT2D eigenvalue weighted by molar-refractivity contribution is -0.129. The van der Waals surface area contributed by atoms with Crippen molar-refractivity contribution >= 4 is 5.91 Å². The average Bonchev–Trinajstić information content (AvgIpc) is 2.74. The fourth-order valence-corrected chi connectivity index (χ4v) is 1.53. The van der Waals surface area contributed by atoms with E-state index in [1.807, 2.05) is 33.3 Å². The van der Waals surface area contributed by atoms with Gasteiger partial charge in [0.05, 0.1) is 11.6 Å². The number of amides is 1. The van der Waals surface area contributed by atoms with Gasteiger partial charge in [-0.15, -0.1) is 0 Å². The average molecular weight is 238 g/mol. The summed E-state index contributed by atoms with van der Waals surface area (Å²) in [5.41, 5.74) is 6.30. The van der Waals surface area contributed by atoms with Gasteiger partial charge in [0.15, 0.2) is 0 Å². The van der Waals surface area contributed by atoms with Crippen LogP contribution in [0.5, 0.6) is 0 Å². The first kappa shape index (κ1) is 13.7. The summed E-state index contributed by atoms with van der Waals surface area (Å²) in [4.78, 5) is 11.9. The van der Waals surface area contributed by atoms with E-state index in [1.165, 1.54) is 0 Å². The van der Waals surface area contributed by atoms with Crippen molar-refractivity contribution in [3.63, 3.8) is 0 Å². The molecule has 0 aliphatic heterocycles. The minimum atomic E-state index is -0.449. The van der Waals surface area contributed by atoms with Crippen molar-refractivity contribution in [2.45, 2.75) is 26.7 Å². The number of aromatic nitrogens is 2. The molecule has 1 atom stereocenters. The van der Waals surface area contributed by atoms with Gasteiger partial charge >= 0.3 is 0 Å². The zero-order chi connectivity index (χ0) is 12.9. The highest BCUT2D eigenvalue weighted by Crippen LogP contribution is 2.18. The van der Waals surface area contributed by atoms with Crippen molar-refractivity contribution < 1.29 is 4.79 Å². The molecule has 0 saturated heterocycles. The molecule has 0 bridgehead atoms. The lowest BCUT2D eigenvalue weighted by Gasteiger charge is -2.24. The fraction of sp³-hybridized carbons (Fsp3) is 0.667. The predicted molar refractivity (Wildman–Crippen MR) is 67.4 cm³/mol. The van der Waals surface area contributed by atoms with Crippen molar-refractivity contribution in [1.82, 2.24) is 15.1 Å². The van der Waals surface area contributed by atoms with Crippen LogP contribution in [-0.4, -0.2) is 28.8 Å². The SMILES string of the molecule is CCC(C)(CN)C(=O)NCCc1cnn(C)c1. The molecule has 5 heteroatoms. The fourth-order valence-electron chi connectivity index (χ4n) is 1.53. The van der Waals surface area contributed by atoms with E-state index >= 15 is 0 Å². The Bertz CT molecular complexity index is 368. The summed E-state index contributed by atoms with van der Waals surface area (Å²) >= 11 is 0. The Labute approximate surface area is 102 Å². The van der Waals surface area contributed by atoms with Crippen LogP contribution in [-0.2, 0) is 18.3 Å². The topological polar surface area (TPSA) is 72.9 Å². The summed E-state index contributed by atoms with van der Waals surface area (Å²) in [6.07, 6.45) is 5.31. The highest BCUT2D eigenvalue weighted by Gasteiger charge is 2.28. The molecule has 0 fully saturated rings. The number of nitrogens with one attached hydrogen (secondary N) is 1. The Morgan fingerprint density at radius 2 is 2.35 bits per heavy atom. The van der Waals surface area contributed by atoms with E-state index in [-0.39, 0.29) is 5.91 Å². The number of aryl methyl sites for hydroxylation is 1. The van der Waals surface area contributed by atoms with Gasteiger partial charge in [-0.2, -0.15) is 5.10 Å². The summed E-state index contributed by atoms with van der Waals surface area (Å²) in [7, 11) is 1.88. The van der Waals surface area contributed by atoms with Crippen molar-refractivity contribution in [2.75, 3.05) is 13.1 Å². The number of hydrogen-bond donors (Lipinski definition) is 2. The largest absolute Gasteiger partial charge is 0.355 e. The summed E-state index contributed by atoms with van der Waals surface area (Å²) in [5.74, 6) is 0.0337. The first-order valence-corrected chi connectivity index (χ1v) is 5.97. The molecule has 1 aromatic heterocycles. The Kier molecular flexibility index (Phi) is 4.69. The second-order valence-corrected chi connectivity index (χ2v) is 4.65. The summed E-state index contributed by atoms with van der Waals surface area (Å²) in [6.45, 7) is 4.88. The molecule has 0 aliphatic carbocycles. The van der Waals surface area contributed by atoms with Crippen LogP contribution >= 0.6 is 0 Å². The van der Waals surface area contributed by atoms with E-state index < -0.39 is 5.41 Å². The molecular weight excluding hydrogens is 216 g/mol. The molecule has 0 aromatic carbocycles. The maximum atomic E-state index is 11.9. The normalized spacial score (nSPS) is 14.4. The van der Waals surface area contributed by atoms with E-state index in [1.54, 1.807) is 4.68 Å². The third-order valence-electron chi connectivity index (χ3n) is 3.24. The minimum Gasteiger partial charge on any atom is -0.355 e. The molecule has 1 rings (SSSR count). The highest BCUT2D eigenvalue weighted by atomic mass is 16.2. The summed E-state index contributed by atoms with van der Waals surface area (Å²) in [5, 5.41) is 7.01. The van der Waals surface area contributed by atoms with E-state index in [9.17, 15) is 4.79 Å². The standard InChI is InChI=1S/C12H22N4O/c1-4-12(2,9-13)11(17)14-6-5-10-7-15-16(3)8-10/h7-8H,4-6,9,13H2,1-3H3,(H,14,17). The highest BCUT2D eigenvalue weighted by molar-refractivity contribution is 5.82. The van der Waals surface area contributed by atoms with Crippen LogP contribution in [0.15, 0.2) is 12.4 Å². The summed E-state index contributed by atoms with van der Waals surface area (Å²) in [6, 6.07) is 0. The van der Waals surface area contributed by atoms with E-state index in [0.29, 0.717) is 13.1 Å². The number of hydrogen-bond acceptors (Lipinski definition) is 3. The predicted octanol–water partition coefficient (Wildman–Crippen LogP) is 0.454. The quantitative estimate of drug-likeness (QED) is 0.756. The van der Waals surface area contributed by atoms with Crippen LogP contribution in [0, 0.1) is 5.41 Å². The van der Waals surface area contributed by atoms with Gasteiger partial charge in [0.1, 0.15) is 0 Å². The Hall–Kier alpha value is -1.36. The van der Waals surface area contributed by atoms with Gasteiger partial charge in [-0.25, -0.2) is 0 Å². The van der Waals surface area contributed by atoms with Crippen molar-refractivity contribution in [1.29, 1.82) is 0 Å². The molecule has 0 radical (unpaired) electrons. The van der Waals surface area contributed by atoms with Crippen LogP contribution in [0.25, 0.3) is 0 Å². The second-order valence-electron chi connectivity index (χ2n) is 4.65. The number of rotatable bonds is 6. The van der Waals surface area contributed by atoms with E-state index in [0.717, 1.165) is 18.4 Å². The van der Waals surface area contributed by atoms with E-state index in [4.69, 9.17) is 5.73 Å². The van der Waals surface area contributed by atoms with Crippen LogP contribution in [0.3, 0.4) is 0 Å². The van der Waals surface area contributed by atoms with Gasteiger partial charge < -0.3 is 11.1 Å². The lowest BCUT2D eigenvalue weighted by atomic mass is 9.86. The molecule has 96 valence electrons. The molecule has 3 N–H and O–H groups in total. The van der Waals surface area contributed by atoms with Crippen LogP contribution < -0.4 is 11.1 Å². The maximum absolute atomic E-state index is 11.9. The van der Waals surface area contributed by atoms with Crippen molar-refractivity contribution in [3.8, 4) is 0 Å². The smallest absolute Gasteiger partial charge is 0.227 e. The number of nitrogens with zero attached hydrogens (tertiary/aromatic N) is 2. The van der Waals surface area contributed by atoms with Crippen molar-refractivity contribution in [2.24, 2.45) is 18.2 Å². The second kappa shape index (κ2) is 5.82. The lowest BCUT2D eigenvalue weighted by Crippen LogP contribution is -2.44. The van der Waals surface area contributed by atoms with Gasteiger partial charge in [0.2, 0.25) is 5.91 Å². The van der Waals surface area contributed by atoms with Gasteiger partial charge in [-0.1, -0.05) is 6.92 Å². The van der Waals surface area contributed by atoms with Gasteiger partial charge in [0, 0.05) is 26.3 Å². The Morgan fingerprint density at radius 3 is 2.82 bits per heavy atom. The third-order valence-corrected chi connectivity index (χ3v) is 3.24. The molecule has 5 nitrogen and oxygen atoms in total. The Morgan fingerprint density at radius 1 is 1.65 bits per heavy atom. The molecular formula is C12H22N4O. The first-order valence-electron chi connectivity index (χ1n) is 5.97. The zero-order valence-electron chi connectivity index (χ0n) is 10.9. The first-order chi connectivity index (χ1) is 8.01. The molecule has 1 amide bonds. The minimum absolute atomic E-state index is 0.0337. The van der Waals surface area contributed by atoms with Gasteiger partial charge in [-0.3, -0.25) is 9.48 Å². The molecule has 1 unspecified atom stereocenters. The monoisotopic (exact) mass is 238 g/mol. The molecule has 1 aromatic rings. The molecule has 1 heterocycles. The molecule has 0 aliphatic rings. The van der Waals surface area contributed by atoms with Crippen LogP contribution in [0.4, 0.5) is 0 Å². The van der Waals surface area contributed by atoms with Crippen LogP contribution in [0.1, 0.15) is 25.8 Å². The maximum Gasteiger partial charge on any atom is 0.227 e. The number of carbonyl (C=O) groups is 1. The summed E-state index contributed by atoms with van der Waals surface area (Å²) < 4.78 is 1.76. The van der Waals surface area contributed by atoms with Gasteiger partial charge in [-0.05, 0) is 25.3 Å². The Balaban J connectivity index is 2.38. The zero-order valence-corrected chi connectivity index (χ0v) is 10.9. The molecule has 0 saturated carbocycles. The van der Waals surface area contributed by atoms with Crippen molar-refractivity contribution in [3.05, 3.63) is 18.0 Å². The van der Waals surface area contributed by atoms with Crippen LogP contribution in [0.2, 0.25) is 0 Å². The molecule has 0 spiro atoms. The van der Waals surface area contributed by atoms with Gasteiger partial charge in [0.25, 0.3) is 0 Å². The van der Waals surface area contributed by atoms with E-state index in [2.05, 4.69) is 10.4 Å². The third kappa shape index (κ3) is 3.56.